The van der Waals surface area contributed by atoms with Crippen molar-refractivity contribution in [2.45, 2.75) is 41.0 Å². The molecule has 0 aliphatic rings. The predicted molar refractivity (Wildman–Crippen MR) is 129 cm³/mol. The number of amides is 1. The predicted octanol–water partition coefficient (Wildman–Crippen LogP) is 5.29. The highest BCUT2D eigenvalue weighted by atomic mass is 16.5. The van der Waals surface area contributed by atoms with E-state index in [1.807, 2.05) is 58.0 Å². The molecule has 7 heteroatoms. The maximum atomic E-state index is 13.0. The molecule has 7 nitrogen and oxygen atoms in total. The molecule has 0 aliphatic carbocycles. The molecule has 5 aromatic rings. The van der Waals surface area contributed by atoms with Crippen LogP contribution in [-0.4, -0.2) is 25.8 Å². The number of nitrogens with zero attached hydrogens (tertiary/aromatic N) is 4. The Morgan fingerprint density at radius 1 is 1.00 bits per heavy atom. The van der Waals surface area contributed by atoms with E-state index in [4.69, 9.17) is 9.51 Å². The van der Waals surface area contributed by atoms with Crippen LogP contribution in [0.1, 0.15) is 33.6 Å². The number of hydrogen-bond acceptors (Lipinski definition) is 5. The van der Waals surface area contributed by atoms with Gasteiger partial charge in [-0.25, -0.2) is 4.98 Å². The molecule has 0 bridgehead atoms. The van der Waals surface area contributed by atoms with Crippen LogP contribution in [0.2, 0.25) is 0 Å². The van der Waals surface area contributed by atoms with E-state index >= 15 is 0 Å². The zero-order valence-corrected chi connectivity index (χ0v) is 19.4. The minimum atomic E-state index is -0.194. The molecule has 33 heavy (non-hydrogen) atoms. The van der Waals surface area contributed by atoms with E-state index in [0.29, 0.717) is 22.9 Å². The lowest BCUT2D eigenvalue weighted by molar-refractivity contribution is -0.115. The van der Waals surface area contributed by atoms with Gasteiger partial charge in [0.15, 0.2) is 11.4 Å². The third kappa shape index (κ3) is 3.75. The van der Waals surface area contributed by atoms with Crippen molar-refractivity contribution in [1.29, 1.82) is 0 Å². The summed E-state index contributed by atoms with van der Waals surface area (Å²) >= 11 is 0. The average molecular weight is 440 g/mol. The summed E-state index contributed by atoms with van der Waals surface area (Å²) in [6.45, 7) is 10.0. The molecule has 0 aliphatic heterocycles. The number of pyridine rings is 1. The molecule has 166 valence electrons. The van der Waals surface area contributed by atoms with Gasteiger partial charge >= 0.3 is 0 Å². The van der Waals surface area contributed by atoms with E-state index in [-0.39, 0.29) is 12.3 Å². The van der Waals surface area contributed by atoms with Gasteiger partial charge in [-0.1, -0.05) is 29.4 Å². The van der Waals surface area contributed by atoms with E-state index in [0.717, 1.165) is 44.2 Å². The number of fused-ring (bicyclic) bond motifs is 2. The fraction of sp³-hybridized carbons (Fsp3) is 0.231. The highest BCUT2D eigenvalue weighted by molar-refractivity contribution is 5.95. The fourth-order valence-electron chi connectivity index (χ4n) is 4.40. The van der Waals surface area contributed by atoms with Crippen LogP contribution in [0, 0.1) is 34.6 Å². The number of rotatable bonds is 4. The van der Waals surface area contributed by atoms with Crippen LogP contribution in [-0.2, 0) is 11.2 Å². The molecule has 0 fully saturated rings. The Balaban J connectivity index is 1.47. The van der Waals surface area contributed by atoms with Gasteiger partial charge in [0, 0.05) is 16.8 Å². The summed E-state index contributed by atoms with van der Waals surface area (Å²) in [5, 5.41) is 13.7. The topological polar surface area (TPSA) is 85.8 Å². The Bertz CT molecular complexity index is 1540. The van der Waals surface area contributed by atoms with Gasteiger partial charge in [-0.15, -0.1) is 0 Å². The van der Waals surface area contributed by atoms with E-state index in [2.05, 4.69) is 34.6 Å². The highest BCUT2D eigenvalue weighted by Crippen LogP contribution is 2.26. The normalized spacial score (nSPS) is 11.4. The second-order valence-corrected chi connectivity index (χ2v) is 8.66. The lowest BCUT2D eigenvalue weighted by atomic mass is 10.0. The maximum absolute atomic E-state index is 13.0. The van der Waals surface area contributed by atoms with Crippen molar-refractivity contribution in [1.82, 2.24) is 19.9 Å². The lowest BCUT2D eigenvalue weighted by Gasteiger charge is -2.11. The van der Waals surface area contributed by atoms with Crippen molar-refractivity contribution >= 4 is 33.6 Å². The van der Waals surface area contributed by atoms with Crippen molar-refractivity contribution in [3.63, 3.8) is 0 Å². The Morgan fingerprint density at radius 3 is 2.64 bits per heavy atom. The Labute approximate surface area is 191 Å². The Morgan fingerprint density at radius 2 is 1.82 bits per heavy atom. The van der Waals surface area contributed by atoms with Gasteiger partial charge in [0.05, 0.1) is 17.6 Å². The third-order valence-electron chi connectivity index (χ3n) is 5.87. The number of carbonyl (C=O) groups excluding carboxylic acids is 1. The Hall–Kier alpha value is -4.00. The van der Waals surface area contributed by atoms with Crippen LogP contribution >= 0.6 is 0 Å². The summed E-state index contributed by atoms with van der Waals surface area (Å²) in [5.41, 5.74) is 7.37. The van der Waals surface area contributed by atoms with Crippen LogP contribution in [0.15, 0.2) is 47.0 Å². The number of aryl methyl sites for hydroxylation is 5. The molecular formula is C26H25N5O2. The summed E-state index contributed by atoms with van der Waals surface area (Å²) in [5.74, 6) is 1.04. The van der Waals surface area contributed by atoms with Crippen LogP contribution < -0.4 is 5.32 Å². The summed E-state index contributed by atoms with van der Waals surface area (Å²) in [7, 11) is 0. The van der Waals surface area contributed by atoms with Gasteiger partial charge in [-0.3, -0.25) is 4.79 Å². The van der Waals surface area contributed by atoms with Gasteiger partial charge in [0.1, 0.15) is 11.5 Å². The molecule has 0 atom stereocenters. The van der Waals surface area contributed by atoms with Crippen molar-refractivity contribution in [2.24, 2.45) is 0 Å². The number of hydrogen-bond donors (Lipinski definition) is 1. The van der Waals surface area contributed by atoms with Crippen molar-refractivity contribution in [2.75, 3.05) is 5.32 Å². The van der Waals surface area contributed by atoms with E-state index in [1.54, 1.807) is 4.68 Å². The summed E-state index contributed by atoms with van der Waals surface area (Å²) in [6, 6.07) is 14.0. The molecule has 1 amide bonds. The van der Waals surface area contributed by atoms with Gasteiger partial charge in [0.2, 0.25) is 5.91 Å². The van der Waals surface area contributed by atoms with Gasteiger partial charge in [-0.2, -0.15) is 9.78 Å². The summed E-state index contributed by atoms with van der Waals surface area (Å²) in [4.78, 5) is 17.8. The van der Waals surface area contributed by atoms with E-state index in [1.165, 1.54) is 0 Å². The number of carbonyl (C=O) groups is 1. The van der Waals surface area contributed by atoms with Crippen LogP contribution in [0.3, 0.4) is 0 Å². The fourth-order valence-corrected chi connectivity index (χ4v) is 4.40. The first-order valence-electron chi connectivity index (χ1n) is 10.9. The zero-order valence-electron chi connectivity index (χ0n) is 19.4. The first-order valence-corrected chi connectivity index (χ1v) is 10.9. The number of benzene rings is 2. The van der Waals surface area contributed by atoms with Gasteiger partial charge in [0.25, 0.3) is 0 Å². The van der Waals surface area contributed by atoms with Crippen molar-refractivity contribution in [3.8, 4) is 5.82 Å². The molecule has 3 heterocycles. The molecule has 0 saturated heterocycles. The second-order valence-electron chi connectivity index (χ2n) is 8.66. The molecule has 5 rings (SSSR count). The van der Waals surface area contributed by atoms with Crippen molar-refractivity contribution < 1.29 is 9.32 Å². The van der Waals surface area contributed by atoms with Gasteiger partial charge in [-0.05, 0) is 69.0 Å². The molecule has 0 saturated carbocycles. The lowest BCUT2D eigenvalue weighted by Crippen LogP contribution is -2.18. The highest BCUT2D eigenvalue weighted by Gasteiger charge is 2.18. The van der Waals surface area contributed by atoms with Crippen LogP contribution in [0.4, 0.5) is 5.82 Å². The molecule has 1 N–H and O–H groups in total. The molecule has 2 aromatic carbocycles. The first kappa shape index (κ1) is 20.9. The SMILES string of the molecule is Cc1cc(C)c2c(CC(=O)Nc3cc(C)nn3-c3cc(C)c4cccc(C)c4n3)noc2c1. The number of para-hydroxylation sites is 1. The summed E-state index contributed by atoms with van der Waals surface area (Å²) in [6.07, 6.45) is 0.102. The van der Waals surface area contributed by atoms with Crippen LogP contribution in [0.5, 0.6) is 0 Å². The Kier molecular flexibility index (Phi) is 4.96. The number of anilines is 1. The summed E-state index contributed by atoms with van der Waals surface area (Å²) < 4.78 is 7.15. The van der Waals surface area contributed by atoms with Gasteiger partial charge < -0.3 is 9.84 Å². The zero-order chi connectivity index (χ0) is 23.3. The average Bonchev–Trinajstić information content (AvgIpc) is 3.31. The molecule has 0 radical (unpaired) electrons. The van der Waals surface area contributed by atoms with E-state index < -0.39 is 0 Å². The minimum absolute atomic E-state index is 0.102. The first-order chi connectivity index (χ1) is 15.8. The molecule has 0 unspecified atom stereocenters. The largest absolute Gasteiger partial charge is 0.356 e. The quantitative estimate of drug-likeness (QED) is 0.411. The smallest absolute Gasteiger partial charge is 0.231 e. The second kappa shape index (κ2) is 7.85. The molecule has 0 spiro atoms. The molecule has 3 aromatic heterocycles. The third-order valence-corrected chi connectivity index (χ3v) is 5.87. The number of nitrogens with one attached hydrogen (secondary N) is 1. The van der Waals surface area contributed by atoms with Crippen molar-refractivity contribution in [3.05, 3.63) is 76.1 Å². The van der Waals surface area contributed by atoms with Crippen LogP contribution in [0.25, 0.3) is 27.7 Å². The molecular weight excluding hydrogens is 414 g/mol. The maximum Gasteiger partial charge on any atom is 0.231 e. The van der Waals surface area contributed by atoms with E-state index in [9.17, 15) is 4.79 Å². The monoisotopic (exact) mass is 439 g/mol. The minimum Gasteiger partial charge on any atom is -0.356 e. The standard InChI is InChI=1S/C26H25N5O2/c1-14-9-17(4)25-20(30-33-21(25)10-14)13-24(32)27-23-12-18(5)29-31(23)22-11-16(3)19-8-6-7-15(2)26(19)28-22/h6-12H,13H2,1-5H3,(H,27,32). The number of aromatic nitrogens is 4.